The van der Waals surface area contributed by atoms with Gasteiger partial charge in [0.1, 0.15) is 11.7 Å². The molecule has 2 atom stereocenters. The number of nitrogen functional groups attached to an aromatic ring is 1. The quantitative estimate of drug-likeness (QED) is 0.658. The molecule has 1 saturated heterocycles. The van der Waals surface area contributed by atoms with Crippen LogP contribution in [0.5, 0.6) is 0 Å². The molecule has 20 heavy (non-hydrogen) atoms. The fourth-order valence-corrected chi connectivity index (χ4v) is 3.88. The van der Waals surface area contributed by atoms with E-state index in [0.29, 0.717) is 18.2 Å². The molecule has 4 heteroatoms. The maximum absolute atomic E-state index is 14.4. The van der Waals surface area contributed by atoms with Crippen LogP contribution in [0.2, 0.25) is 0 Å². The molecule has 3 nitrogen and oxygen atoms in total. The normalized spacial score (nSPS) is 26.4. The Morgan fingerprint density at radius 1 is 1.30 bits per heavy atom. The number of piperidine rings is 1. The summed E-state index contributed by atoms with van der Waals surface area (Å²) in [6.07, 6.45) is 6.43. The third-order valence-corrected chi connectivity index (χ3v) is 4.85. The number of likely N-dealkylation sites (tertiary alicyclic amines) is 1. The highest BCUT2D eigenvalue weighted by molar-refractivity contribution is 5.95. The second-order valence-electron chi connectivity index (χ2n) is 6.06. The molecule has 0 radical (unpaired) electrons. The fraction of sp³-hybridized carbons (Fsp3) is 0.562. The lowest BCUT2D eigenvalue weighted by molar-refractivity contribution is 0.104. The van der Waals surface area contributed by atoms with Gasteiger partial charge in [-0.3, -0.25) is 10.3 Å². The predicted molar refractivity (Wildman–Crippen MR) is 78.2 cm³/mol. The fourth-order valence-electron chi connectivity index (χ4n) is 3.88. The van der Waals surface area contributed by atoms with Crippen LogP contribution in [0.1, 0.15) is 43.2 Å². The van der Waals surface area contributed by atoms with Gasteiger partial charge >= 0.3 is 0 Å². The van der Waals surface area contributed by atoms with Crippen molar-refractivity contribution in [2.45, 2.75) is 44.7 Å². The van der Waals surface area contributed by atoms with E-state index in [2.05, 4.69) is 4.90 Å². The number of nitrogens with zero attached hydrogens (tertiary/aromatic N) is 1. The van der Waals surface area contributed by atoms with Crippen molar-refractivity contribution < 1.29 is 4.39 Å². The summed E-state index contributed by atoms with van der Waals surface area (Å²) in [6.45, 7) is 1.71. The number of hydrogen-bond acceptors (Lipinski definition) is 2. The number of hydrogen-bond donors (Lipinski definition) is 2. The van der Waals surface area contributed by atoms with E-state index >= 15 is 0 Å². The van der Waals surface area contributed by atoms with Gasteiger partial charge in [-0.1, -0.05) is 18.6 Å². The Labute approximate surface area is 119 Å². The van der Waals surface area contributed by atoms with Crippen molar-refractivity contribution in [2.75, 3.05) is 6.54 Å². The summed E-state index contributed by atoms with van der Waals surface area (Å²) < 4.78 is 14.4. The van der Waals surface area contributed by atoms with Crippen LogP contribution >= 0.6 is 0 Å². The van der Waals surface area contributed by atoms with Gasteiger partial charge in [0.2, 0.25) is 0 Å². The number of fused-ring (bicyclic) bond motifs is 1. The van der Waals surface area contributed by atoms with E-state index in [4.69, 9.17) is 11.1 Å². The standard InChI is InChI=1S/C16H22FN3/c17-15-12(5-1-7-13(15)16(18)19)10-20-9-3-6-11-4-2-8-14(11)20/h1,5,7,11,14H,2-4,6,8-10H2,(H3,18,19). The lowest BCUT2D eigenvalue weighted by Gasteiger charge is -2.37. The van der Waals surface area contributed by atoms with Crippen LogP contribution in [0, 0.1) is 17.1 Å². The van der Waals surface area contributed by atoms with Crippen LogP contribution in [0.4, 0.5) is 4.39 Å². The maximum Gasteiger partial charge on any atom is 0.138 e. The molecule has 1 saturated carbocycles. The summed E-state index contributed by atoms with van der Waals surface area (Å²) >= 11 is 0. The number of amidine groups is 1. The van der Waals surface area contributed by atoms with E-state index in [1.807, 2.05) is 6.07 Å². The Bertz CT molecular complexity index is 514. The average molecular weight is 275 g/mol. The molecule has 0 amide bonds. The van der Waals surface area contributed by atoms with Gasteiger partial charge in [-0.05, 0) is 44.2 Å². The molecule has 0 bridgehead atoms. The van der Waals surface area contributed by atoms with Gasteiger partial charge in [0, 0.05) is 18.2 Å². The van der Waals surface area contributed by atoms with Crippen LogP contribution in [0.15, 0.2) is 18.2 Å². The van der Waals surface area contributed by atoms with Crippen molar-refractivity contribution >= 4 is 5.84 Å². The molecular formula is C16H22FN3. The smallest absolute Gasteiger partial charge is 0.138 e. The second-order valence-corrected chi connectivity index (χ2v) is 6.06. The molecule has 1 heterocycles. The molecule has 0 spiro atoms. The zero-order valence-corrected chi connectivity index (χ0v) is 11.7. The Morgan fingerprint density at radius 2 is 2.10 bits per heavy atom. The van der Waals surface area contributed by atoms with Crippen LogP contribution < -0.4 is 5.73 Å². The number of halogens is 1. The van der Waals surface area contributed by atoms with Crippen molar-refractivity contribution in [1.82, 2.24) is 4.90 Å². The molecule has 3 N–H and O–H groups in total. The molecule has 2 unspecified atom stereocenters. The number of benzene rings is 1. The molecule has 2 fully saturated rings. The van der Waals surface area contributed by atoms with Crippen molar-refractivity contribution in [1.29, 1.82) is 5.41 Å². The summed E-state index contributed by atoms with van der Waals surface area (Å²) in [4.78, 5) is 2.43. The van der Waals surface area contributed by atoms with E-state index in [1.54, 1.807) is 12.1 Å². The van der Waals surface area contributed by atoms with Crippen LogP contribution in [0.25, 0.3) is 0 Å². The zero-order valence-electron chi connectivity index (χ0n) is 11.7. The van der Waals surface area contributed by atoms with Crippen LogP contribution in [0.3, 0.4) is 0 Å². The van der Waals surface area contributed by atoms with Gasteiger partial charge in [0.05, 0.1) is 5.56 Å². The summed E-state index contributed by atoms with van der Waals surface area (Å²) in [5, 5.41) is 7.43. The molecular weight excluding hydrogens is 253 g/mol. The molecule has 3 rings (SSSR count). The average Bonchev–Trinajstić information content (AvgIpc) is 2.90. The predicted octanol–water partition coefficient (Wildman–Crippen LogP) is 2.87. The van der Waals surface area contributed by atoms with Gasteiger partial charge in [-0.25, -0.2) is 4.39 Å². The summed E-state index contributed by atoms with van der Waals surface area (Å²) in [6, 6.07) is 5.82. The third kappa shape index (κ3) is 2.44. The minimum atomic E-state index is -0.319. The highest BCUT2D eigenvalue weighted by atomic mass is 19.1. The van der Waals surface area contributed by atoms with Gasteiger partial charge < -0.3 is 5.73 Å². The molecule has 2 aliphatic rings. The molecule has 1 aromatic carbocycles. The van der Waals surface area contributed by atoms with Crippen molar-refractivity contribution in [3.05, 3.63) is 35.1 Å². The third-order valence-electron chi connectivity index (χ3n) is 4.85. The summed E-state index contributed by atoms with van der Waals surface area (Å²) in [7, 11) is 0. The van der Waals surface area contributed by atoms with Crippen LogP contribution in [-0.4, -0.2) is 23.3 Å². The van der Waals surface area contributed by atoms with Crippen molar-refractivity contribution in [3.8, 4) is 0 Å². The van der Waals surface area contributed by atoms with E-state index in [9.17, 15) is 4.39 Å². The van der Waals surface area contributed by atoms with Gasteiger partial charge in [0.15, 0.2) is 0 Å². The first-order valence-corrected chi connectivity index (χ1v) is 7.52. The number of nitrogens with one attached hydrogen (secondary N) is 1. The zero-order chi connectivity index (χ0) is 14.1. The van der Waals surface area contributed by atoms with Gasteiger partial charge in [-0.2, -0.15) is 0 Å². The Balaban J connectivity index is 1.80. The molecule has 1 aromatic rings. The molecule has 1 aliphatic carbocycles. The summed E-state index contributed by atoms with van der Waals surface area (Å²) in [5.41, 5.74) is 6.33. The number of nitrogens with two attached hydrogens (primary N) is 1. The second kappa shape index (κ2) is 5.52. The van der Waals surface area contributed by atoms with Crippen molar-refractivity contribution in [2.24, 2.45) is 11.7 Å². The van der Waals surface area contributed by atoms with E-state index in [-0.39, 0.29) is 17.2 Å². The lowest BCUT2D eigenvalue weighted by atomic mass is 9.91. The highest BCUT2D eigenvalue weighted by Gasteiger charge is 2.35. The van der Waals surface area contributed by atoms with Gasteiger partial charge in [0.25, 0.3) is 0 Å². The Morgan fingerprint density at radius 3 is 2.90 bits per heavy atom. The number of rotatable bonds is 3. The molecule has 1 aliphatic heterocycles. The Kier molecular flexibility index (Phi) is 3.74. The molecule has 0 aromatic heterocycles. The SMILES string of the molecule is N=C(N)c1cccc(CN2CCCC3CCCC32)c1F. The first kappa shape index (κ1) is 13.6. The summed E-state index contributed by atoms with van der Waals surface area (Å²) in [5.74, 6) is 0.296. The van der Waals surface area contributed by atoms with E-state index in [1.165, 1.54) is 32.1 Å². The maximum atomic E-state index is 14.4. The molecule has 108 valence electrons. The van der Waals surface area contributed by atoms with Crippen LogP contribution in [-0.2, 0) is 6.54 Å². The minimum Gasteiger partial charge on any atom is -0.384 e. The minimum absolute atomic E-state index is 0.193. The van der Waals surface area contributed by atoms with E-state index in [0.717, 1.165) is 12.5 Å². The highest BCUT2D eigenvalue weighted by Crippen LogP contribution is 2.37. The largest absolute Gasteiger partial charge is 0.384 e. The lowest BCUT2D eigenvalue weighted by Crippen LogP contribution is -2.42. The monoisotopic (exact) mass is 275 g/mol. The van der Waals surface area contributed by atoms with E-state index < -0.39 is 0 Å². The van der Waals surface area contributed by atoms with Crippen molar-refractivity contribution in [3.63, 3.8) is 0 Å². The van der Waals surface area contributed by atoms with Gasteiger partial charge in [-0.15, -0.1) is 0 Å². The first-order chi connectivity index (χ1) is 9.66. The Hall–Kier alpha value is -1.42. The first-order valence-electron chi connectivity index (χ1n) is 7.52. The topological polar surface area (TPSA) is 53.1 Å².